The number of nitrogens with zero attached hydrogens (tertiary/aromatic N) is 6. The third kappa shape index (κ3) is 4.02. The van der Waals surface area contributed by atoms with E-state index in [-0.39, 0.29) is 36.8 Å². The topological polar surface area (TPSA) is 151 Å². The molecule has 0 aliphatic heterocycles. The Kier molecular flexibility index (Phi) is 5.64. The molecule has 2 aromatic heterocycles. The van der Waals surface area contributed by atoms with Crippen molar-refractivity contribution in [2.75, 3.05) is 6.54 Å². The molecule has 12 heteroatoms. The number of hydrogen-bond acceptors (Lipinski definition) is 7. The van der Waals surface area contributed by atoms with Gasteiger partial charge in [0, 0.05) is 13.0 Å². The third-order valence-electron chi connectivity index (χ3n) is 4.00. The van der Waals surface area contributed by atoms with Crippen molar-refractivity contribution in [1.82, 2.24) is 24.9 Å². The summed E-state index contributed by atoms with van der Waals surface area (Å²) in [6.07, 6.45) is 1.26. The first kappa shape index (κ1) is 19.0. The summed E-state index contributed by atoms with van der Waals surface area (Å²) in [7, 11) is 0. The average molecular weight is 365 g/mol. The fourth-order valence-electron chi connectivity index (χ4n) is 2.61. The average Bonchev–Trinajstić information content (AvgIpc) is 3.05. The molecule has 0 saturated heterocycles. The summed E-state index contributed by atoms with van der Waals surface area (Å²) in [5.74, 6) is -0.251. The van der Waals surface area contributed by atoms with Crippen LogP contribution in [0.25, 0.3) is 0 Å². The van der Waals surface area contributed by atoms with Crippen LogP contribution < -0.4 is 5.32 Å². The van der Waals surface area contributed by atoms with Gasteiger partial charge in [0.1, 0.15) is 23.3 Å². The van der Waals surface area contributed by atoms with Crippen molar-refractivity contribution in [2.24, 2.45) is 0 Å². The standard InChI is InChI=1S/C14H19N7O5/c1-9-14(21(25)26)11(3)19(17-9)7-5-15-13(22)4-6-18-10(2)12(8-16-18)20(23)24/h8H,4-7H2,1-3H3,(H,15,22). The number of nitro groups is 2. The zero-order valence-electron chi connectivity index (χ0n) is 14.6. The van der Waals surface area contributed by atoms with Crippen LogP contribution in [0, 0.1) is 41.0 Å². The minimum Gasteiger partial charge on any atom is -0.354 e. The Morgan fingerprint density at radius 1 is 1.12 bits per heavy atom. The normalized spacial score (nSPS) is 10.7. The minimum absolute atomic E-state index is 0.0212. The number of carbonyl (C=O) groups excluding carboxylic acids is 1. The summed E-state index contributed by atoms with van der Waals surface area (Å²) in [6, 6.07) is 0. The molecule has 140 valence electrons. The van der Waals surface area contributed by atoms with E-state index in [4.69, 9.17) is 0 Å². The predicted octanol–water partition coefficient (Wildman–Crippen LogP) is 1.03. The Bertz CT molecular complexity index is 854. The van der Waals surface area contributed by atoms with E-state index in [1.807, 2.05) is 0 Å². The minimum atomic E-state index is -0.521. The third-order valence-corrected chi connectivity index (χ3v) is 4.00. The van der Waals surface area contributed by atoms with Gasteiger partial charge in [-0.05, 0) is 20.8 Å². The van der Waals surface area contributed by atoms with Crippen molar-refractivity contribution in [3.8, 4) is 0 Å². The largest absolute Gasteiger partial charge is 0.354 e. The first-order valence-electron chi connectivity index (χ1n) is 7.84. The molecule has 0 aromatic carbocycles. The number of carbonyl (C=O) groups is 1. The zero-order chi connectivity index (χ0) is 19.4. The maximum Gasteiger partial charge on any atom is 0.312 e. The lowest BCUT2D eigenvalue weighted by molar-refractivity contribution is -0.386. The maximum absolute atomic E-state index is 11.9. The lowest BCUT2D eigenvalue weighted by Gasteiger charge is -2.07. The summed E-state index contributed by atoms with van der Waals surface area (Å²) in [4.78, 5) is 32.6. The van der Waals surface area contributed by atoms with E-state index in [0.29, 0.717) is 23.6 Å². The zero-order valence-corrected chi connectivity index (χ0v) is 14.6. The molecule has 26 heavy (non-hydrogen) atoms. The number of nitrogens with one attached hydrogen (secondary N) is 1. The van der Waals surface area contributed by atoms with Crippen molar-refractivity contribution in [2.45, 2.75) is 40.3 Å². The first-order chi connectivity index (χ1) is 12.2. The van der Waals surface area contributed by atoms with E-state index in [9.17, 15) is 25.0 Å². The Labute approximate surface area is 148 Å². The molecular weight excluding hydrogens is 346 g/mol. The van der Waals surface area contributed by atoms with E-state index < -0.39 is 9.85 Å². The predicted molar refractivity (Wildman–Crippen MR) is 89.6 cm³/mol. The van der Waals surface area contributed by atoms with Gasteiger partial charge in [-0.1, -0.05) is 0 Å². The molecule has 0 bridgehead atoms. The van der Waals surface area contributed by atoms with Gasteiger partial charge in [-0.2, -0.15) is 10.2 Å². The summed E-state index contributed by atoms with van der Waals surface area (Å²) in [5.41, 5.74) is 1.04. The maximum atomic E-state index is 11.9. The summed E-state index contributed by atoms with van der Waals surface area (Å²) < 4.78 is 2.89. The van der Waals surface area contributed by atoms with Crippen LogP contribution in [0.4, 0.5) is 11.4 Å². The molecule has 0 radical (unpaired) electrons. The molecule has 0 saturated carbocycles. The fourth-order valence-corrected chi connectivity index (χ4v) is 2.61. The monoisotopic (exact) mass is 365 g/mol. The van der Waals surface area contributed by atoms with Crippen molar-refractivity contribution >= 4 is 17.3 Å². The summed E-state index contributed by atoms with van der Waals surface area (Å²) >= 11 is 0. The number of aryl methyl sites for hydroxylation is 2. The Morgan fingerprint density at radius 2 is 1.81 bits per heavy atom. The second-order valence-electron chi connectivity index (χ2n) is 5.70. The van der Waals surface area contributed by atoms with Gasteiger partial charge in [-0.15, -0.1) is 0 Å². The van der Waals surface area contributed by atoms with E-state index in [2.05, 4.69) is 15.5 Å². The van der Waals surface area contributed by atoms with Crippen molar-refractivity contribution in [3.05, 3.63) is 43.5 Å². The molecule has 1 N–H and O–H groups in total. The van der Waals surface area contributed by atoms with E-state index in [1.54, 1.807) is 20.8 Å². The molecule has 2 rings (SSSR count). The quantitative estimate of drug-likeness (QED) is 0.542. The number of aromatic nitrogens is 4. The van der Waals surface area contributed by atoms with Crippen LogP contribution in [0.5, 0.6) is 0 Å². The SMILES string of the molecule is Cc1nn(CCNC(=O)CCn2ncc([N+](=O)[O-])c2C)c(C)c1[N+](=O)[O-]. The number of rotatable bonds is 8. The molecule has 0 atom stereocenters. The molecule has 2 aromatic rings. The van der Waals surface area contributed by atoms with E-state index >= 15 is 0 Å². The lowest BCUT2D eigenvalue weighted by Crippen LogP contribution is -2.28. The first-order valence-corrected chi connectivity index (χ1v) is 7.84. The molecule has 0 fully saturated rings. The number of hydrogen-bond donors (Lipinski definition) is 1. The second kappa shape index (κ2) is 7.72. The van der Waals surface area contributed by atoms with Crippen LogP contribution in [0.15, 0.2) is 6.20 Å². The number of amides is 1. The molecule has 0 unspecified atom stereocenters. The molecule has 0 aliphatic rings. The Morgan fingerprint density at radius 3 is 2.35 bits per heavy atom. The van der Waals surface area contributed by atoms with Gasteiger partial charge in [0.05, 0.1) is 22.9 Å². The van der Waals surface area contributed by atoms with Gasteiger partial charge in [0.25, 0.3) is 0 Å². The van der Waals surface area contributed by atoms with Crippen LogP contribution in [0.3, 0.4) is 0 Å². The van der Waals surface area contributed by atoms with Crippen LogP contribution >= 0.6 is 0 Å². The highest BCUT2D eigenvalue weighted by atomic mass is 16.6. The molecule has 0 aliphatic carbocycles. The highest BCUT2D eigenvalue weighted by Crippen LogP contribution is 2.21. The van der Waals surface area contributed by atoms with Crippen LogP contribution in [0.1, 0.15) is 23.5 Å². The molecular formula is C14H19N7O5. The van der Waals surface area contributed by atoms with Gasteiger partial charge in [-0.3, -0.25) is 34.4 Å². The van der Waals surface area contributed by atoms with Crippen molar-refractivity contribution in [1.29, 1.82) is 0 Å². The molecule has 2 heterocycles. The van der Waals surface area contributed by atoms with Crippen molar-refractivity contribution < 1.29 is 14.6 Å². The highest BCUT2D eigenvalue weighted by molar-refractivity contribution is 5.75. The molecule has 12 nitrogen and oxygen atoms in total. The van der Waals surface area contributed by atoms with E-state index in [0.717, 1.165) is 6.20 Å². The fraction of sp³-hybridized carbons (Fsp3) is 0.500. The smallest absolute Gasteiger partial charge is 0.312 e. The van der Waals surface area contributed by atoms with Gasteiger partial charge in [0.15, 0.2) is 0 Å². The van der Waals surface area contributed by atoms with Gasteiger partial charge >= 0.3 is 11.4 Å². The van der Waals surface area contributed by atoms with Gasteiger partial charge in [-0.25, -0.2) is 0 Å². The molecule has 0 spiro atoms. The Hall–Kier alpha value is -3.31. The second-order valence-corrected chi connectivity index (χ2v) is 5.70. The van der Waals surface area contributed by atoms with Crippen LogP contribution in [-0.4, -0.2) is 41.9 Å². The summed E-state index contributed by atoms with van der Waals surface area (Å²) in [5, 5.41) is 32.4. The molecule has 1 amide bonds. The van der Waals surface area contributed by atoms with E-state index in [1.165, 1.54) is 9.36 Å². The summed E-state index contributed by atoms with van der Waals surface area (Å²) in [6.45, 7) is 5.52. The van der Waals surface area contributed by atoms with Crippen LogP contribution in [-0.2, 0) is 17.9 Å². The lowest BCUT2D eigenvalue weighted by atomic mass is 10.3. The van der Waals surface area contributed by atoms with Crippen molar-refractivity contribution in [3.63, 3.8) is 0 Å². The van der Waals surface area contributed by atoms with Gasteiger partial charge in [0.2, 0.25) is 5.91 Å². The Balaban J connectivity index is 1.84. The van der Waals surface area contributed by atoms with Crippen LogP contribution in [0.2, 0.25) is 0 Å². The van der Waals surface area contributed by atoms with Gasteiger partial charge < -0.3 is 5.32 Å². The highest BCUT2D eigenvalue weighted by Gasteiger charge is 2.21.